The maximum Gasteiger partial charge on any atom is 0.0548 e. The standard InChI is InChI=1S/C26H32N4/c1-28-15-7-17-29(19-23-9-2-3-10-23)21-25-13-6-14-26(27-25)22-30(18-8-16-28)20-24-11-4-5-12-24/h2-6,9,11,13-14H,7-8,15-22H2,1H3. The van der Waals surface area contributed by atoms with Gasteiger partial charge in [0.05, 0.1) is 11.4 Å². The van der Waals surface area contributed by atoms with Gasteiger partial charge in [-0.2, -0.15) is 0 Å². The molecule has 0 radical (unpaired) electrons. The van der Waals surface area contributed by atoms with Crippen LogP contribution in [0.5, 0.6) is 0 Å². The Hall–Kier alpha value is -2.45. The van der Waals surface area contributed by atoms with Gasteiger partial charge in [-0.25, -0.2) is 0 Å². The third-order valence-corrected chi connectivity index (χ3v) is 5.78. The summed E-state index contributed by atoms with van der Waals surface area (Å²) in [5.74, 6) is 0. The Morgan fingerprint density at radius 2 is 1.33 bits per heavy atom. The van der Waals surface area contributed by atoms with Crippen LogP contribution in [0.3, 0.4) is 0 Å². The second-order valence-electron chi connectivity index (χ2n) is 8.44. The van der Waals surface area contributed by atoms with E-state index < -0.39 is 0 Å². The first-order valence-corrected chi connectivity index (χ1v) is 11.1. The summed E-state index contributed by atoms with van der Waals surface area (Å²) < 4.78 is 0. The van der Waals surface area contributed by atoms with Crippen LogP contribution in [0.25, 0.3) is 0 Å². The van der Waals surface area contributed by atoms with Gasteiger partial charge in [-0.05, 0) is 69.4 Å². The average molecular weight is 401 g/mol. The zero-order chi connectivity index (χ0) is 20.6. The van der Waals surface area contributed by atoms with Crippen LogP contribution in [0.2, 0.25) is 0 Å². The Morgan fingerprint density at radius 3 is 1.80 bits per heavy atom. The van der Waals surface area contributed by atoms with Crippen molar-refractivity contribution in [2.24, 2.45) is 0 Å². The molecule has 2 heterocycles. The summed E-state index contributed by atoms with van der Waals surface area (Å²) in [6.45, 7) is 8.04. The molecule has 4 nitrogen and oxygen atoms in total. The molecule has 0 saturated carbocycles. The SMILES string of the molecule is CN1CCCN(CC2=C=CC=C2)Cc2cccc(n2)CN(CC2=C=CC=C2)CCC1. The minimum Gasteiger partial charge on any atom is -0.306 e. The molecular formula is C26H32N4. The third kappa shape index (κ3) is 6.27. The molecular weight excluding hydrogens is 368 g/mol. The highest BCUT2D eigenvalue weighted by atomic mass is 15.2. The van der Waals surface area contributed by atoms with E-state index in [9.17, 15) is 0 Å². The monoisotopic (exact) mass is 400 g/mol. The molecule has 1 aromatic rings. The third-order valence-electron chi connectivity index (χ3n) is 5.78. The Morgan fingerprint density at radius 1 is 0.800 bits per heavy atom. The van der Waals surface area contributed by atoms with Crippen LogP contribution in [-0.2, 0) is 13.1 Å². The number of pyridine rings is 1. The van der Waals surface area contributed by atoms with Gasteiger partial charge in [0.25, 0.3) is 0 Å². The van der Waals surface area contributed by atoms with Crippen molar-refractivity contribution in [2.75, 3.05) is 46.3 Å². The first-order chi connectivity index (χ1) is 14.7. The van der Waals surface area contributed by atoms with Crippen molar-refractivity contribution in [3.05, 3.63) is 88.7 Å². The molecule has 2 bridgehead atoms. The Kier molecular flexibility index (Phi) is 7.31. The van der Waals surface area contributed by atoms with Gasteiger partial charge in [0.1, 0.15) is 0 Å². The van der Waals surface area contributed by atoms with Gasteiger partial charge in [0.2, 0.25) is 0 Å². The van der Waals surface area contributed by atoms with E-state index in [1.807, 2.05) is 12.2 Å². The van der Waals surface area contributed by atoms with Crippen LogP contribution in [0.1, 0.15) is 24.2 Å². The lowest BCUT2D eigenvalue weighted by Crippen LogP contribution is -2.33. The average Bonchev–Trinajstić information content (AvgIpc) is 3.42. The van der Waals surface area contributed by atoms with Gasteiger partial charge in [-0.3, -0.25) is 14.8 Å². The summed E-state index contributed by atoms with van der Waals surface area (Å²) in [7, 11) is 2.25. The number of nitrogens with zero attached hydrogens (tertiary/aromatic N) is 4. The van der Waals surface area contributed by atoms with Crippen molar-refractivity contribution in [3.63, 3.8) is 0 Å². The first kappa shape index (κ1) is 20.8. The number of allylic oxidation sites excluding steroid dienone is 2. The van der Waals surface area contributed by atoms with Gasteiger partial charge in [0.15, 0.2) is 0 Å². The molecule has 4 heteroatoms. The van der Waals surface area contributed by atoms with Crippen molar-refractivity contribution in [3.8, 4) is 0 Å². The molecule has 0 unspecified atom stereocenters. The second-order valence-corrected chi connectivity index (χ2v) is 8.44. The molecule has 1 aromatic heterocycles. The van der Waals surface area contributed by atoms with Crippen LogP contribution in [0, 0.1) is 0 Å². The summed E-state index contributed by atoms with van der Waals surface area (Å²) >= 11 is 0. The largest absolute Gasteiger partial charge is 0.306 e. The normalized spacial score (nSPS) is 21.1. The number of hydrogen-bond acceptors (Lipinski definition) is 4. The maximum atomic E-state index is 5.02. The molecule has 0 N–H and O–H groups in total. The van der Waals surface area contributed by atoms with Gasteiger partial charge in [0, 0.05) is 50.4 Å². The molecule has 3 aliphatic rings. The molecule has 0 aromatic carbocycles. The minimum atomic E-state index is 0.882. The summed E-state index contributed by atoms with van der Waals surface area (Å²) in [4.78, 5) is 12.5. The van der Waals surface area contributed by atoms with Crippen LogP contribution in [0.4, 0.5) is 0 Å². The molecule has 156 valence electrons. The molecule has 2 aliphatic carbocycles. The molecule has 0 saturated heterocycles. The zero-order valence-corrected chi connectivity index (χ0v) is 18.1. The topological polar surface area (TPSA) is 22.6 Å². The Bertz CT molecular complexity index is 855. The Balaban J connectivity index is 1.50. The number of hydrogen-bond donors (Lipinski definition) is 0. The van der Waals surface area contributed by atoms with E-state index in [1.54, 1.807) is 0 Å². The lowest BCUT2D eigenvalue weighted by Gasteiger charge is -2.27. The summed E-state index contributed by atoms with van der Waals surface area (Å²) in [6.07, 6.45) is 14.8. The number of fused-ring (bicyclic) bond motifs is 2. The predicted molar refractivity (Wildman–Crippen MR) is 123 cm³/mol. The van der Waals surface area contributed by atoms with E-state index in [-0.39, 0.29) is 0 Å². The molecule has 0 amide bonds. The van der Waals surface area contributed by atoms with Crippen molar-refractivity contribution < 1.29 is 0 Å². The van der Waals surface area contributed by atoms with E-state index in [1.165, 1.54) is 24.0 Å². The fourth-order valence-electron chi connectivity index (χ4n) is 4.25. The highest BCUT2D eigenvalue weighted by Gasteiger charge is 2.14. The van der Waals surface area contributed by atoms with Crippen LogP contribution in [0.15, 0.2) is 77.3 Å². The molecule has 1 aliphatic heterocycles. The highest BCUT2D eigenvalue weighted by molar-refractivity contribution is 5.31. The lowest BCUT2D eigenvalue weighted by molar-refractivity contribution is 0.228. The molecule has 4 rings (SSSR count). The maximum absolute atomic E-state index is 5.02. The lowest BCUT2D eigenvalue weighted by atomic mass is 10.2. The molecule has 0 spiro atoms. The minimum absolute atomic E-state index is 0.882. The highest BCUT2D eigenvalue weighted by Crippen LogP contribution is 2.14. The van der Waals surface area contributed by atoms with Crippen molar-refractivity contribution in [2.45, 2.75) is 25.9 Å². The summed E-state index contributed by atoms with van der Waals surface area (Å²) in [5.41, 5.74) is 11.5. The molecule has 0 atom stereocenters. The van der Waals surface area contributed by atoms with Gasteiger partial charge < -0.3 is 4.90 Å². The van der Waals surface area contributed by atoms with Crippen molar-refractivity contribution >= 4 is 0 Å². The number of aromatic nitrogens is 1. The van der Waals surface area contributed by atoms with Gasteiger partial charge in [-0.1, -0.05) is 18.2 Å². The van der Waals surface area contributed by atoms with Gasteiger partial charge in [-0.15, -0.1) is 11.5 Å². The van der Waals surface area contributed by atoms with E-state index >= 15 is 0 Å². The van der Waals surface area contributed by atoms with E-state index in [0.29, 0.717) is 0 Å². The van der Waals surface area contributed by atoms with E-state index in [2.05, 4.69) is 75.7 Å². The second kappa shape index (κ2) is 10.5. The fraction of sp³-hybridized carbons (Fsp3) is 0.423. The van der Waals surface area contributed by atoms with Crippen LogP contribution >= 0.6 is 0 Å². The summed E-state index contributed by atoms with van der Waals surface area (Å²) in [5, 5.41) is 0. The van der Waals surface area contributed by atoms with Gasteiger partial charge >= 0.3 is 0 Å². The number of rotatable bonds is 4. The Labute approximate surface area is 180 Å². The predicted octanol–water partition coefficient (Wildman–Crippen LogP) is 3.71. The van der Waals surface area contributed by atoms with E-state index in [0.717, 1.165) is 63.7 Å². The van der Waals surface area contributed by atoms with Crippen LogP contribution < -0.4 is 0 Å². The summed E-state index contributed by atoms with van der Waals surface area (Å²) in [6, 6.07) is 6.49. The fourth-order valence-corrected chi connectivity index (χ4v) is 4.25. The molecule has 0 fully saturated rings. The quantitative estimate of drug-likeness (QED) is 0.719. The van der Waals surface area contributed by atoms with Crippen molar-refractivity contribution in [1.82, 2.24) is 19.7 Å². The molecule has 30 heavy (non-hydrogen) atoms. The smallest absolute Gasteiger partial charge is 0.0548 e. The van der Waals surface area contributed by atoms with Crippen molar-refractivity contribution in [1.29, 1.82) is 0 Å². The van der Waals surface area contributed by atoms with Crippen LogP contribution in [-0.4, -0.2) is 66.0 Å². The first-order valence-electron chi connectivity index (χ1n) is 11.1. The van der Waals surface area contributed by atoms with E-state index in [4.69, 9.17) is 4.98 Å². The zero-order valence-electron chi connectivity index (χ0n) is 18.1.